The monoisotopic (exact) mass is 214 g/mol. The lowest BCUT2D eigenvalue weighted by Crippen LogP contribution is -1.99. The van der Waals surface area contributed by atoms with Crippen molar-refractivity contribution in [3.63, 3.8) is 0 Å². The van der Waals surface area contributed by atoms with Gasteiger partial charge in [-0.15, -0.1) is 0 Å². The molecule has 1 N–H and O–H groups in total. The molecule has 3 nitrogen and oxygen atoms in total. The zero-order valence-corrected chi connectivity index (χ0v) is 8.33. The molecule has 0 spiro atoms. The van der Waals surface area contributed by atoms with Crippen LogP contribution in [0.5, 0.6) is 0 Å². The summed E-state index contributed by atoms with van der Waals surface area (Å²) in [5.41, 5.74) is 1.61. The average molecular weight is 215 g/mol. The van der Waals surface area contributed by atoms with Gasteiger partial charge in [-0.1, -0.05) is 23.7 Å². The van der Waals surface area contributed by atoms with Gasteiger partial charge in [0.05, 0.1) is 19.8 Å². The van der Waals surface area contributed by atoms with E-state index in [9.17, 15) is 0 Å². The molecule has 4 heteroatoms. The molecular weight excluding hydrogens is 204 g/mol. The number of hydrogen-bond acceptors (Lipinski definition) is 3. The van der Waals surface area contributed by atoms with E-state index in [2.05, 4.69) is 0 Å². The van der Waals surface area contributed by atoms with Crippen LogP contribution in [-0.4, -0.2) is 18.3 Å². The Morgan fingerprint density at radius 3 is 2.64 bits per heavy atom. The maximum atomic E-state index is 8.90. The van der Waals surface area contributed by atoms with Gasteiger partial charge in [0.15, 0.2) is 6.29 Å². The highest BCUT2D eigenvalue weighted by molar-refractivity contribution is 6.31. The Morgan fingerprint density at radius 1 is 1.36 bits per heavy atom. The van der Waals surface area contributed by atoms with Crippen LogP contribution in [0.3, 0.4) is 0 Å². The zero-order chi connectivity index (χ0) is 9.97. The van der Waals surface area contributed by atoms with E-state index >= 15 is 0 Å². The smallest absolute Gasteiger partial charge is 0.185 e. The van der Waals surface area contributed by atoms with Crippen molar-refractivity contribution in [3.05, 3.63) is 34.3 Å². The Bertz CT molecular complexity index is 321. The van der Waals surface area contributed by atoms with Crippen molar-refractivity contribution in [2.75, 3.05) is 13.2 Å². The van der Waals surface area contributed by atoms with E-state index in [1.165, 1.54) is 0 Å². The molecule has 14 heavy (non-hydrogen) atoms. The fraction of sp³-hybridized carbons (Fsp3) is 0.400. The van der Waals surface area contributed by atoms with E-state index in [-0.39, 0.29) is 12.9 Å². The predicted octanol–water partition coefficient (Wildman–Crippen LogP) is 1.88. The Labute approximate surface area is 87.2 Å². The van der Waals surface area contributed by atoms with Gasteiger partial charge >= 0.3 is 0 Å². The molecule has 76 valence electrons. The van der Waals surface area contributed by atoms with Gasteiger partial charge < -0.3 is 14.6 Å². The number of benzene rings is 1. The number of aliphatic hydroxyl groups is 1. The van der Waals surface area contributed by atoms with Gasteiger partial charge in [-0.25, -0.2) is 0 Å². The van der Waals surface area contributed by atoms with E-state index in [0.29, 0.717) is 18.2 Å². The molecule has 0 atom stereocenters. The molecule has 1 fully saturated rings. The van der Waals surface area contributed by atoms with Crippen molar-refractivity contribution >= 4 is 11.6 Å². The Hall–Kier alpha value is -0.610. The third kappa shape index (κ3) is 1.91. The minimum atomic E-state index is -0.352. The van der Waals surface area contributed by atoms with Gasteiger partial charge in [-0.2, -0.15) is 0 Å². The molecule has 0 aromatic heterocycles. The van der Waals surface area contributed by atoms with Crippen LogP contribution in [0.25, 0.3) is 0 Å². The van der Waals surface area contributed by atoms with Crippen LogP contribution in [0.1, 0.15) is 17.4 Å². The minimum Gasteiger partial charge on any atom is -0.392 e. The highest BCUT2D eigenvalue weighted by Gasteiger charge is 2.20. The van der Waals surface area contributed by atoms with Crippen molar-refractivity contribution in [1.29, 1.82) is 0 Å². The number of ether oxygens (including phenoxy) is 2. The van der Waals surface area contributed by atoms with E-state index in [0.717, 1.165) is 11.1 Å². The Kier molecular flexibility index (Phi) is 3.03. The molecule has 1 aromatic carbocycles. The number of hydrogen-bond donors (Lipinski definition) is 1. The summed E-state index contributed by atoms with van der Waals surface area (Å²) >= 11 is 6.02. The molecule has 0 amide bonds. The van der Waals surface area contributed by atoms with Crippen LogP contribution in [0.2, 0.25) is 5.02 Å². The van der Waals surface area contributed by atoms with Crippen LogP contribution in [0.4, 0.5) is 0 Å². The summed E-state index contributed by atoms with van der Waals surface area (Å²) in [6, 6.07) is 5.36. The molecule has 1 aromatic rings. The normalized spacial score (nSPS) is 17.6. The first-order chi connectivity index (χ1) is 6.81. The van der Waals surface area contributed by atoms with Crippen molar-refractivity contribution in [2.24, 2.45) is 0 Å². The van der Waals surface area contributed by atoms with Crippen LogP contribution < -0.4 is 0 Å². The van der Waals surface area contributed by atoms with Crippen molar-refractivity contribution in [3.8, 4) is 0 Å². The largest absolute Gasteiger partial charge is 0.392 e. The standard InChI is InChI=1S/C10H11ClO3/c11-9-5-7(6-12)1-2-8(9)10-13-3-4-14-10/h1-2,5,10,12H,3-4,6H2. The first-order valence-electron chi connectivity index (χ1n) is 4.43. The molecule has 0 unspecified atom stereocenters. The quantitative estimate of drug-likeness (QED) is 0.817. The number of rotatable bonds is 2. The van der Waals surface area contributed by atoms with Crippen LogP contribution in [0.15, 0.2) is 18.2 Å². The molecule has 0 radical (unpaired) electrons. The summed E-state index contributed by atoms with van der Waals surface area (Å²) in [5, 5.41) is 9.47. The minimum absolute atomic E-state index is 0.00756. The van der Waals surface area contributed by atoms with Crippen molar-refractivity contribution in [2.45, 2.75) is 12.9 Å². The first kappa shape index (κ1) is 9.93. The van der Waals surface area contributed by atoms with E-state index < -0.39 is 0 Å². The second kappa shape index (κ2) is 4.28. The summed E-state index contributed by atoms with van der Waals surface area (Å²) in [5.74, 6) is 0. The van der Waals surface area contributed by atoms with E-state index in [1.807, 2.05) is 12.1 Å². The predicted molar refractivity (Wildman–Crippen MR) is 52.0 cm³/mol. The Balaban J connectivity index is 2.25. The molecule has 0 aliphatic carbocycles. The topological polar surface area (TPSA) is 38.7 Å². The van der Waals surface area contributed by atoms with Gasteiger partial charge in [0.1, 0.15) is 0 Å². The van der Waals surface area contributed by atoms with Crippen LogP contribution >= 0.6 is 11.6 Å². The van der Waals surface area contributed by atoms with Gasteiger partial charge in [0.2, 0.25) is 0 Å². The SMILES string of the molecule is OCc1ccc(C2OCCO2)c(Cl)c1. The molecule has 1 saturated heterocycles. The molecule has 1 aliphatic rings. The second-order valence-electron chi connectivity index (χ2n) is 3.09. The fourth-order valence-electron chi connectivity index (χ4n) is 1.40. The van der Waals surface area contributed by atoms with Gasteiger partial charge in [-0.05, 0) is 11.6 Å². The Morgan fingerprint density at radius 2 is 2.07 bits per heavy atom. The molecule has 2 rings (SSSR count). The average Bonchev–Trinajstić information content (AvgIpc) is 2.70. The third-order valence-electron chi connectivity index (χ3n) is 2.12. The van der Waals surface area contributed by atoms with Gasteiger partial charge in [-0.3, -0.25) is 0 Å². The highest BCUT2D eigenvalue weighted by atomic mass is 35.5. The number of halogens is 1. The molecule has 0 bridgehead atoms. The van der Waals surface area contributed by atoms with Crippen LogP contribution in [-0.2, 0) is 16.1 Å². The van der Waals surface area contributed by atoms with Gasteiger partial charge in [0.25, 0.3) is 0 Å². The highest BCUT2D eigenvalue weighted by Crippen LogP contribution is 2.30. The maximum absolute atomic E-state index is 8.90. The fourth-order valence-corrected chi connectivity index (χ4v) is 1.69. The van der Waals surface area contributed by atoms with Crippen molar-refractivity contribution < 1.29 is 14.6 Å². The van der Waals surface area contributed by atoms with Crippen LogP contribution in [0, 0.1) is 0 Å². The summed E-state index contributed by atoms with van der Waals surface area (Å²) in [7, 11) is 0. The van der Waals surface area contributed by atoms with E-state index in [1.54, 1.807) is 6.07 Å². The lowest BCUT2D eigenvalue weighted by atomic mass is 10.1. The third-order valence-corrected chi connectivity index (χ3v) is 2.45. The van der Waals surface area contributed by atoms with Crippen molar-refractivity contribution in [1.82, 2.24) is 0 Å². The molecule has 1 heterocycles. The summed E-state index contributed by atoms with van der Waals surface area (Å²) in [6.45, 7) is 1.19. The first-order valence-corrected chi connectivity index (χ1v) is 4.81. The second-order valence-corrected chi connectivity index (χ2v) is 3.49. The summed E-state index contributed by atoms with van der Waals surface area (Å²) < 4.78 is 10.6. The zero-order valence-electron chi connectivity index (χ0n) is 7.57. The molecular formula is C10H11ClO3. The molecule has 1 aliphatic heterocycles. The maximum Gasteiger partial charge on any atom is 0.185 e. The number of aliphatic hydroxyl groups excluding tert-OH is 1. The summed E-state index contributed by atoms with van der Waals surface area (Å²) in [4.78, 5) is 0. The van der Waals surface area contributed by atoms with E-state index in [4.69, 9.17) is 26.2 Å². The summed E-state index contributed by atoms with van der Waals surface area (Å²) in [6.07, 6.45) is -0.352. The lowest BCUT2D eigenvalue weighted by molar-refractivity contribution is -0.0440. The van der Waals surface area contributed by atoms with Gasteiger partial charge in [0, 0.05) is 10.6 Å². The lowest BCUT2D eigenvalue weighted by Gasteiger charge is -2.11. The molecule has 0 saturated carbocycles.